The number of benzene rings is 1. The van der Waals surface area contributed by atoms with Gasteiger partial charge in [0.05, 0.1) is 5.75 Å². The first-order valence-corrected chi connectivity index (χ1v) is 11.0. The maximum atomic E-state index is 12.4. The van der Waals surface area contributed by atoms with E-state index >= 15 is 0 Å². The second-order valence-corrected chi connectivity index (χ2v) is 8.68. The van der Waals surface area contributed by atoms with Crippen molar-refractivity contribution < 1.29 is 13.4 Å². The topological polar surface area (TPSA) is 59.3 Å². The van der Waals surface area contributed by atoms with Gasteiger partial charge in [0, 0.05) is 27.6 Å². The lowest BCUT2D eigenvalue weighted by atomic mass is 10.1. The fourth-order valence-electron chi connectivity index (χ4n) is 3.28. The largest absolute Gasteiger partial charge is 0.455 e. The Morgan fingerprint density at radius 2 is 1.88 bits per heavy atom. The predicted molar refractivity (Wildman–Crippen MR) is 105 cm³/mol. The average molecular weight is 394 g/mol. The molecule has 1 aliphatic carbocycles. The van der Waals surface area contributed by atoms with Gasteiger partial charge in [0.25, 0.3) is 5.91 Å². The summed E-state index contributed by atoms with van der Waals surface area (Å²) in [6.45, 7) is 0. The van der Waals surface area contributed by atoms with Crippen molar-refractivity contribution in [2.75, 3.05) is 0 Å². The van der Waals surface area contributed by atoms with E-state index in [1.54, 1.807) is 18.2 Å². The summed E-state index contributed by atoms with van der Waals surface area (Å²) in [6, 6.07) is 11.0. The van der Waals surface area contributed by atoms with Crippen LogP contribution in [0.25, 0.3) is 0 Å². The first kappa shape index (κ1) is 19.2. The predicted octanol–water partition coefficient (Wildman–Crippen LogP) is 4.83. The smallest absolute Gasteiger partial charge is 0.287 e. The number of nitrogens with one attached hydrogen (secondary N) is 1. The highest BCUT2D eigenvalue weighted by Crippen LogP contribution is 2.19. The molecule has 1 aliphatic rings. The molecule has 3 rings (SSSR count). The zero-order chi connectivity index (χ0) is 18.4. The van der Waals surface area contributed by atoms with Gasteiger partial charge in [0.15, 0.2) is 5.76 Å². The molecule has 0 spiro atoms. The zero-order valence-electron chi connectivity index (χ0n) is 14.7. The quantitative estimate of drug-likeness (QED) is 0.714. The minimum atomic E-state index is -1.12. The van der Waals surface area contributed by atoms with Gasteiger partial charge >= 0.3 is 0 Å². The van der Waals surface area contributed by atoms with E-state index in [9.17, 15) is 9.00 Å². The maximum absolute atomic E-state index is 12.4. The Morgan fingerprint density at radius 3 is 2.62 bits per heavy atom. The van der Waals surface area contributed by atoms with Gasteiger partial charge in [-0.1, -0.05) is 49.4 Å². The molecule has 0 bridgehead atoms. The number of halogens is 1. The first-order valence-electron chi connectivity index (χ1n) is 9.09. The summed E-state index contributed by atoms with van der Waals surface area (Å²) >= 11 is 5.95. The van der Waals surface area contributed by atoms with Crippen LogP contribution >= 0.6 is 11.6 Å². The molecule has 6 heteroatoms. The number of carbonyl (C=O) groups is 1. The molecule has 1 amide bonds. The number of furan rings is 1. The minimum absolute atomic E-state index is 0.177. The summed E-state index contributed by atoms with van der Waals surface area (Å²) < 4.78 is 18.0. The van der Waals surface area contributed by atoms with E-state index in [0.29, 0.717) is 22.3 Å². The maximum Gasteiger partial charge on any atom is 0.287 e. The molecule has 0 saturated heterocycles. The van der Waals surface area contributed by atoms with Gasteiger partial charge in [-0.3, -0.25) is 9.00 Å². The number of hydrogen-bond donors (Lipinski definition) is 1. The van der Waals surface area contributed by atoms with E-state index in [4.69, 9.17) is 16.0 Å². The van der Waals surface area contributed by atoms with Crippen LogP contribution in [0.3, 0.4) is 0 Å². The van der Waals surface area contributed by atoms with E-state index < -0.39 is 10.8 Å². The van der Waals surface area contributed by atoms with Crippen LogP contribution in [0.15, 0.2) is 40.8 Å². The van der Waals surface area contributed by atoms with Crippen LogP contribution in [0.5, 0.6) is 0 Å². The van der Waals surface area contributed by atoms with E-state index in [1.807, 2.05) is 18.2 Å². The number of rotatable bonds is 6. The van der Waals surface area contributed by atoms with Gasteiger partial charge in [0.1, 0.15) is 5.76 Å². The van der Waals surface area contributed by atoms with Crippen LogP contribution in [0.4, 0.5) is 0 Å². The molecule has 2 aromatic rings. The van der Waals surface area contributed by atoms with Crippen LogP contribution in [0.1, 0.15) is 60.4 Å². The molecular weight excluding hydrogens is 370 g/mol. The number of hydrogen-bond acceptors (Lipinski definition) is 3. The Kier molecular flexibility index (Phi) is 6.92. The SMILES string of the molecule is O=C(NC1CCCCCC1)c1ccc(C[S@@](=O)Cc2cccc(Cl)c2)o1. The Labute approximate surface area is 161 Å². The second-order valence-electron chi connectivity index (χ2n) is 6.79. The monoisotopic (exact) mass is 393 g/mol. The fourth-order valence-corrected chi connectivity index (χ4v) is 4.62. The molecular formula is C20H24ClNO3S. The van der Waals surface area contributed by atoms with Crippen molar-refractivity contribution in [1.29, 1.82) is 0 Å². The van der Waals surface area contributed by atoms with E-state index in [2.05, 4.69) is 5.32 Å². The molecule has 1 saturated carbocycles. The van der Waals surface area contributed by atoms with E-state index in [1.165, 1.54) is 12.8 Å². The highest BCUT2D eigenvalue weighted by Gasteiger charge is 2.18. The standard InChI is InChI=1S/C20H24ClNO3S/c21-16-7-5-6-15(12-16)13-26(24)14-18-10-11-19(25-18)20(23)22-17-8-3-1-2-4-9-17/h5-7,10-12,17H,1-4,8-9,13-14H2,(H,22,23)/t26-/m0/s1. The molecule has 140 valence electrons. The van der Waals surface area contributed by atoms with Gasteiger partial charge in [-0.15, -0.1) is 0 Å². The Bertz CT molecular complexity index is 766. The highest BCUT2D eigenvalue weighted by molar-refractivity contribution is 7.83. The number of carbonyl (C=O) groups excluding carboxylic acids is 1. The van der Waals surface area contributed by atoms with Gasteiger partial charge in [-0.25, -0.2) is 0 Å². The molecule has 0 radical (unpaired) electrons. The molecule has 0 aliphatic heterocycles. The van der Waals surface area contributed by atoms with Crippen molar-refractivity contribution in [3.63, 3.8) is 0 Å². The lowest BCUT2D eigenvalue weighted by molar-refractivity contribution is 0.0904. The van der Waals surface area contributed by atoms with Crippen molar-refractivity contribution >= 4 is 28.3 Å². The molecule has 1 atom stereocenters. The molecule has 26 heavy (non-hydrogen) atoms. The summed E-state index contributed by atoms with van der Waals surface area (Å²) in [5.41, 5.74) is 0.925. The van der Waals surface area contributed by atoms with Crippen LogP contribution < -0.4 is 5.32 Å². The second kappa shape index (κ2) is 9.38. The van der Waals surface area contributed by atoms with E-state index in [-0.39, 0.29) is 17.7 Å². The Morgan fingerprint density at radius 1 is 1.12 bits per heavy atom. The van der Waals surface area contributed by atoms with Crippen LogP contribution in [0, 0.1) is 0 Å². The molecule has 1 aromatic heterocycles. The van der Waals surface area contributed by atoms with Crippen molar-refractivity contribution in [2.24, 2.45) is 0 Å². The Balaban J connectivity index is 1.53. The molecule has 0 unspecified atom stereocenters. The van der Waals surface area contributed by atoms with Crippen molar-refractivity contribution in [3.05, 3.63) is 58.5 Å². The summed E-state index contributed by atoms with van der Waals surface area (Å²) in [5.74, 6) is 1.37. The Hall–Kier alpha value is -1.59. The first-order chi connectivity index (χ1) is 12.6. The lowest BCUT2D eigenvalue weighted by Crippen LogP contribution is -2.34. The van der Waals surface area contributed by atoms with Crippen LogP contribution in [0.2, 0.25) is 5.02 Å². The molecule has 1 N–H and O–H groups in total. The molecule has 1 aromatic carbocycles. The van der Waals surface area contributed by atoms with Gasteiger partial charge in [-0.05, 0) is 42.7 Å². The average Bonchev–Trinajstić information content (AvgIpc) is 2.91. The highest BCUT2D eigenvalue weighted by atomic mass is 35.5. The van der Waals surface area contributed by atoms with Crippen molar-refractivity contribution in [3.8, 4) is 0 Å². The summed E-state index contributed by atoms with van der Waals surface area (Å²) in [4.78, 5) is 12.4. The number of amides is 1. The van der Waals surface area contributed by atoms with Crippen molar-refractivity contribution in [2.45, 2.75) is 56.1 Å². The third-order valence-corrected chi connectivity index (χ3v) is 6.09. The van der Waals surface area contributed by atoms with Crippen LogP contribution in [-0.2, 0) is 22.3 Å². The molecule has 1 fully saturated rings. The van der Waals surface area contributed by atoms with Gasteiger partial charge in [0.2, 0.25) is 0 Å². The van der Waals surface area contributed by atoms with E-state index in [0.717, 1.165) is 31.2 Å². The summed E-state index contributed by atoms with van der Waals surface area (Å²) in [5, 5.41) is 3.70. The van der Waals surface area contributed by atoms with Crippen molar-refractivity contribution in [1.82, 2.24) is 5.32 Å². The van der Waals surface area contributed by atoms with Gasteiger partial charge < -0.3 is 9.73 Å². The van der Waals surface area contributed by atoms with Crippen LogP contribution in [-0.4, -0.2) is 16.2 Å². The summed E-state index contributed by atoms with van der Waals surface area (Å²) in [7, 11) is -1.12. The summed E-state index contributed by atoms with van der Waals surface area (Å²) in [6.07, 6.45) is 6.88. The van der Waals surface area contributed by atoms with Gasteiger partial charge in [-0.2, -0.15) is 0 Å². The third kappa shape index (κ3) is 5.71. The normalized spacial score (nSPS) is 16.8. The fraction of sp³-hybridized carbons (Fsp3) is 0.450. The minimum Gasteiger partial charge on any atom is -0.455 e. The molecule has 4 nitrogen and oxygen atoms in total. The zero-order valence-corrected chi connectivity index (χ0v) is 16.3. The lowest BCUT2D eigenvalue weighted by Gasteiger charge is -2.14. The molecule has 1 heterocycles. The third-order valence-electron chi connectivity index (χ3n) is 4.60.